The molecule has 0 amide bonds. The van der Waals surface area contributed by atoms with E-state index in [4.69, 9.17) is 10.2 Å². The van der Waals surface area contributed by atoms with Gasteiger partial charge in [-0.2, -0.15) is 5.26 Å². The van der Waals surface area contributed by atoms with Crippen LogP contribution in [0.1, 0.15) is 16.7 Å². The van der Waals surface area contributed by atoms with Crippen LogP contribution in [0, 0.1) is 18.3 Å². The highest BCUT2D eigenvalue weighted by atomic mass is 15.4. The Hall–Kier alpha value is -4.51. The number of rotatable bonds is 4. The van der Waals surface area contributed by atoms with Crippen molar-refractivity contribution in [3.05, 3.63) is 83.8 Å². The van der Waals surface area contributed by atoms with Gasteiger partial charge in [-0.3, -0.25) is 0 Å². The van der Waals surface area contributed by atoms with Crippen molar-refractivity contribution in [3.63, 3.8) is 0 Å². The molecule has 2 aromatic carbocycles. The van der Waals surface area contributed by atoms with Gasteiger partial charge in [-0.1, -0.05) is 35.5 Å². The highest BCUT2D eigenvalue weighted by Gasteiger charge is 2.11. The summed E-state index contributed by atoms with van der Waals surface area (Å²) in [4.78, 5) is 17.9. The van der Waals surface area contributed by atoms with E-state index in [-0.39, 0.29) is 0 Å². The van der Waals surface area contributed by atoms with Crippen LogP contribution in [0.5, 0.6) is 0 Å². The zero-order valence-electron chi connectivity index (χ0n) is 16.6. The maximum atomic E-state index is 9.16. The summed E-state index contributed by atoms with van der Waals surface area (Å²) in [6.45, 7) is 2.44. The number of nitriles is 1. The quantitative estimate of drug-likeness (QED) is 0.451. The van der Waals surface area contributed by atoms with Crippen LogP contribution < -0.4 is 0 Å². The topological polar surface area (TPSA) is 106 Å². The first-order valence-electron chi connectivity index (χ1n) is 9.64. The maximum Gasteiger partial charge on any atom is 0.221 e. The van der Waals surface area contributed by atoms with Crippen molar-refractivity contribution >= 4 is 11.3 Å². The van der Waals surface area contributed by atoms with Crippen LogP contribution in [-0.2, 0) is 6.54 Å². The van der Waals surface area contributed by atoms with E-state index < -0.39 is 0 Å². The van der Waals surface area contributed by atoms with Crippen molar-refractivity contribution in [3.8, 4) is 28.7 Å². The molecular weight excluding hydrogens is 388 g/mol. The number of benzene rings is 2. The Bertz CT molecular complexity index is 1430. The second kappa shape index (κ2) is 7.72. The molecule has 31 heavy (non-hydrogen) atoms. The normalized spacial score (nSPS) is 10.8. The average molecular weight is 404 g/mol. The first-order chi connectivity index (χ1) is 15.2. The molecule has 0 bridgehead atoms. The Morgan fingerprint density at radius 1 is 0.935 bits per heavy atom. The molecule has 3 heterocycles. The second-order valence-electron chi connectivity index (χ2n) is 7.13. The molecule has 0 spiro atoms. The summed E-state index contributed by atoms with van der Waals surface area (Å²) in [7, 11) is 0. The molecule has 0 atom stereocenters. The van der Waals surface area contributed by atoms with Gasteiger partial charge in [0.2, 0.25) is 5.65 Å². The minimum absolute atomic E-state index is 0.471. The number of aromatic nitrogens is 7. The van der Waals surface area contributed by atoms with E-state index in [1.54, 1.807) is 35.4 Å². The van der Waals surface area contributed by atoms with Gasteiger partial charge in [0.05, 0.1) is 30.1 Å². The van der Waals surface area contributed by atoms with Gasteiger partial charge in [-0.05, 0) is 36.2 Å². The third-order valence-electron chi connectivity index (χ3n) is 4.81. The highest BCUT2D eigenvalue weighted by molar-refractivity contribution is 5.70. The van der Waals surface area contributed by atoms with Crippen LogP contribution in [0.25, 0.3) is 33.9 Å². The molecule has 0 N–H and O–H groups in total. The second-order valence-corrected chi connectivity index (χ2v) is 7.13. The van der Waals surface area contributed by atoms with Crippen molar-refractivity contribution in [1.29, 1.82) is 5.26 Å². The molecule has 8 nitrogen and oxygen atoms in total. The monoisotopic (exact) mass is 404 g/mol. The summed E-state index contributed by atoms with van der Waals surface area (Å²) in [6.07, 6.45) is 5.25. The third-order valence-corrected chi connectivity index (χ3v) is 4.81. The third kappa shape index (κ3) is 3.72. The van der Waals surface area contributed by atoms with Crippen molar-refractivity contribution in [2.24, 2.45) is 0 Å². The predicted molar refractivity (Wildman–Crippen MR) is 115 cm³/mol. The van der Waals surface area contributed by atoms with Gasteiger partial charge in [0, 0.05) is 23.5 Å². The van der Waals surface area contributed by atoms with Crippen LogP contribution in [0.3, 0.4) is 0 Å². The summed E-state index contributed by atoms with van der Waals surface area (Å²) < 4.78 is 1.72. The fourth-order valence-electron chi connectivity index (χ4n) is 3.27. The summed E-state index contributed by atoms with van der Waals surface area (Å²) in [5.41, 5.74) is 6.07. The van der Waals surface area contributed by atoms with Gasteiger partial charge < -0.3 is 0 Å². The molecule has 0 radical (unpaired) electrons. The largest absolute Gasteiger partial charge is 0.236 e. The lowest BCUT2D eigenvalue weighted by Gasteiger charge is -2.06. The summed E-state index contributed by atoms with van der Waals surface area (Å²) in [5, 5.41) is 17.5. The Kier molecular flexibility index (Phi) is 4.61. The standard InChI is InChI=1S/C23H16N8/c1-15-11-25-21(26-12-15)19-7-3-5-17(9-19)14-31-23-22(29-30-31)27-13-20(28-23)18-6-2-4-16(8-18)10-24/h2-9,11-13H,14H2,1H3. The smallest absolute Gasteiger partial charge is 0.221 e. The molecule has 0 fully saturated rings. The van der Waals surface area contributed by atoms with Crippen LogP contribution in [0.15, 0.2) is 67.1 Å². The van der Waals surface area contributed by atoms with Gasteiger partial charge in [0.25, 0.3) is 0 Å². The fourth-order valence-corrected chi connectivity index (χ4v) is 3.27. The minimum atomic E-state index is 0.471. The van der Waals surface area contributed by atoms with E-state index in [1.165, 1.54) is 0 Å². The van der Waals surface area contributed by atoms with Crippen LogP contribution in [-0.4, -0.2) is 34.9 Å². The van der Waals surface area contributed by atoms with Crippen LogP contribution in [0.2, 0.25) is 0 Å². The molecule has 148 valence electrons. The number of nitrogens with zero attached hydrogens (tertiary/aromatic N) is 8. The molecule has 5 rings (SSSR count). The van der Waals surface area contributed by atoms with Gasteiger partial charge in [-0.15, -0.1) is 5.10 Å². The van der Waals surface area contributed by atoms with Crippen LogP contribution in [0.4, 0.5) is 0 Å². The molecule has 0 saturated heterocycles. The number of hydrogen-bond donors (Lipinski definition) is 0. The summed E-state index contributed by atoms with van der Waals surface area (Å²) in [6, 6.07) is 17.4. The number of aryl methyl sites for hydroxylation is 1. The molecule has 0 saturated carbocycles. The average Bonchev–Trinajstić information content (AvgIpc) is 3.21. The van der Waals surface area contributed by atoms with Crippen molar-refractivity contribution in [1.82, 2.24) is 34.9 Å². The fraction of sp³-hybridized carbons (Fsp3) is 0.0870. The molecular formula is C23H16N8. The summed E-state index contributed by atoms with van der Waals surface area (Å²) in [5.74, 6) is 0.676. The number of fused-ring (bicyclic) bond motifs is 1. The SMILES string of the molecule is Cc1cnc(-c2cccc(Cn3nnc4ncc(-c5cccc(C#N)c5)nc43)c2)nc1. The lowest BCUT2D eigenvalue weighted by atomic mass is 10.1. The molecule has 8 heteroatoms. The van der Waals surface area contributed by atoms with Gasteiger partial charge in [0.1, 0.15) is 0 Å². The Labute approximate surface area is 177 Å². The van der Waals surface area contributed by atoms with E-state index >= 15 is 0 Å². The lowest BCUT2D eigenvalue weighted by molar-refractivity contribution is 0.664. The molecule has 5 aromatic rings. The van der Waals surface area contributed by atoms with E-state index in [1.807, 2.05) is 43.3 Å². The molecule has 0 unspecified atom stereocenters. The maximum absolute atomic E-state index is 9.16. The van der Waals surface area contributed by atoms with E-state index in [2.05, 4.69) is 31.3 Å². The lowest BCUT2D eigenvalue weighted by Crippen LogP contribution is -2.04. The zero-order chi connectivity index (χ0) is 21.2. The van der Waals surface area contributed by atoms with Crippen molar-refractivity contribution in [2.45, 2.75) is 13.5 Å². The van der Waals surface area contributed by atoms with Crippen molar-refractivity contribution in [2.75, 3.05) is 0 Å². The van der Waals surface area contributed by atoms with E-state index in [0.29, 0.717) is 34.9 Å². The Morgan fingerprint density at radius 3 is 2.58 bits per heavy atom. The minimum Gasteiger partial charge on any atom is -0.236 e. The predicted octanol–water partition coefficient (Wildman–Crippen LogP) is 3.57. The van der Waals surface area contributed by atoms with Crippen LogP contribution >= 0.6 is 0 Å². The van der Waals surface area contributed by atoms with Gasteiger partial charge in [0.15, 0.2) is 11.5 Å². The molecule has 0 aliphatic carbocycles. The zero-order valence-corrected chi connectivity index (χ0v) is 16.6. The molecule has 3 aromatic heterocycles. The van der Waals surface area contributed by atoms with Gasteiger partial charge >= 0.3 is 0 Å². The highest BCUT2D eigenvalue weighted by Crippen LogP contribution is 2.21. The number of hydrogen-bond acceptors (Lipinski definition) is 7. The Balaban J connectivity index is 1.49. The first kappa shape index (κ1) is 18.5. The molecule has 0 aliphatic heterocycles. The van der Waals surface area contributed by atoms with E-state index in [9.17, 15) is 0 Å². The first-order valence-corrected chi connectivity index (χ1v) is 9.64. The summed E-state index contributed by atoms with van der Waals surface area (Å²) >= 11 is 0. The van der Waals surface area contributed by atoms with E-state index in [0.717, 1.165) is 22.3 Å². The van der Waals surface area contributed by atoms with Crippen molar-refractivity contribution < 1.29 is 0 Å². The molecule has 0 aliphatic rings. The van der Waals surface area contributed by atoms with Gasteiger partial charge in [-0.25, -0.2) is 24.6 Å². The Morgan fingerprint density at radius 2 is 1.74 bits per heavy atom.